The third kappa shape index (κ3) is 3.30. The summed E-state index contributed by atoms with van der Waals surface area (Å²) in [6.45, 7) is 0.611. The molecule has 0 saturated heterocycles. The number of benzene rings is 1. The number of nitrogens with zero attached hydrogens (tertiary/aromatic N) is 1. The van der Waals surface area contributed by atoms with E-state index in [0.717, 1.165) is 10.2 Å². The van der Waals surface area contributed by atoms with Crippen LogP contribution >= 0.6 is 15.9 Å². The van der Waals surface area contributed by atoms with Crippen molar-refractivity contribution in [2.45, 2.75) is 37.8 Å². The highest BCUT2D eigenvalue weighted by atomic mass is 79.9. The molecule has 0 aromatic heterocycles. The minimum absolute atomic E-state index is 0.218. The maximum atomic E-state index is 6.03. The summed E-state index contributed by atoms with van der Waals surface area (Å²) in [5, 5.41) is 0. The summed E-state index contributed by atoms with van der Waals surface area (Å²) in [7, 11) is 3.91. The molecule has 19 heavy (non-hydrogen) atoms. The first-order valence-electron chi connectivity index (χ1n) is 6.92. The van der Waals surface area contributed by atoms with Crippen molar-refractivity contribution >= 4 is 15.9 Å². The number of halogens is 1. The summed E-state index contributed by atoms with van der Waals surface area (Å²) < 4.78 is 6.56. The van der Waals surface area contributed by atoms with Crippen LogP contribution in [0.15, 0.2) is 22.7 Å². The van der Waals surface area contributed by atoms with Crippen molar-refractivity contribution in [3.8, 4) is 5.75 Å². The van der Waals surface area contributed by atoms with Gasteiger partial charge in [0.2, 0.25) is 0 Å². The van der Waals surface area contributed by atoms with Gasteiger partial charge in [-0.2, -0.15) is 0 Å². The van der Waals surface area contributed by atoms with Crippen molar-refractivity contribution in [1.29, 1.82) is 0 Å². The molecule has 0 spiro atoms. The fraction of sp³-hybridized carbons (Fsp3) is 0.600. The molecule has 0 heterocycles. The van der Waals surface area contributed by atoms with E-state index in [1.807, 2.05) is 12.1 Å². The third-order valence-electron chi connectivity index (χ3n) is 4.17. The molecule has 2 rings (SSSR count). The van der Waals surface area contributed by atoms with Crippen LogP contribution in [0.25, 0.3) is 0 Å². The zero-order valence-corrected chi connectivity index (χ0v) is 13.3. The number of likely N-dealkylation sites (N-methyl/N-ethyl adjacent to an activating group) is 1. The number of hydrogen-bond donors (Lipinski definition) is 1. The van der Waals surface area contributed by atoms with Crippen LogP contribution in [-0.4, -0.2) is 31.6 Å². The lowest BCUT2D eigenvalue weighted by molar-refractivity contribution is 0.176. The van der Waals surface area contributed by atoms with Crippen molar-refractivity contribution in [1.82, 2.24) is 4.90 Å². The van der Waals surface area contributed by atoms with Crippen LogP contribution in [0, 0.1) is 0 Å². The summed E-state index contributed by atoms with van der Waals surface area (Å²) in [6, 6.07) is 7.01. The lowest BCUT2D eigenvalue weighted by Crippen LogP contribution is -2.37. The van der Waals surface area contributed by atoms with E-state index in [2.05, 4.69) is 33.9 Å². The Morgan fingerprint density at radius 3 is 2.68 bits per heavy atom. The summed E-state index contributed by atoms with van der Waals surface area (Å²) in [5.41, 5.74) is 7.21. The first kappa shape index (κ1) is 14.8. The van der Waals surface area contributed by atoms with Gasteiger partial charge in [0.15, 0.2) is 0 Å². The highest BCUT2D eigenvalue weighted by molar-refractivity contribution is 9.10. The van der Waals surface area contributed by atoms with Crippen LogP contribution in [0.4, 0.5) is 0 Å². The van der Waals surface area contributed by atoms with Gasteiger partial charge in [-0.3, -0.25) is 4.90 Å². The lowest BCUT2D eigenvalue weighted by Gasteiger charge is -2.33. The number of nitrogens with two attached hydrogens (primary N) is 1. The average Bonchev–Trinajstić information content (AvgIpc) is 2.93. The lowest BCUT2D eigenvalue weighted by atomic mass is 10.0. The van der Waals surface area contributed by atoms with Crippen LogP contribution in [0.3, 0.4) is 0 Å². The maximum absolute atomic E-state index is 6.03. The summed E-state index contributed by atoms with van der Waals surface area (Å²) in [6.07, 6.45) is 5.23. The molecule has 106 valence electrons. The van der Waals surface area contributed by atoms with Gasteiger partial charge in [0.05, 0.1) is 13.2 Å². The molecule has 1 saturated carbocycles. The zero-order valence-electron chi connectivity index (χ0n) is 11.7. The van der Waals surface area contributed by atoms with Crippen LogP contribution in [0.2, 0.25) is 0 Å². The van der Waals surface area contributed by atoms with Crippen molar-refractivity contribution in [2.75, 3.05) is 20.7 Å². The third-order valence-corrected chi connectivity index (χ3v) is 4.66. The number of rotatable bonds is 5. The predicted octanol–water partition coefficient (Wildman–Crippen LogP) is 3.33. The second-order valence-electron chi connectivity index (χ2n) is 5.24. The largest absolute Gasteiger partial charge is 0.496 e. The Kier molecular flexibility index (Phi) is 5.25. The molecule has 2 N–H and O–H groups in total. The molecular weight excluding hydrogens is 304 g/mol. The van der Waals surface area contributed by atoms with Crippen molar-refractivity contribution in [3.05, 3.63) is 28.2 Å². The molecule has 4 heteroatoms. The number of methoxy groups -OCH3 is 1. The molecule has 0 radical (unpaired) electrons. The topological polar surface area (TPSA) is 38.5 Å². The summed E-state index contributed by atoms with van der Waals surface area (Å²) in [4.78, 5) is 2.43. The fourth-order valence-electron chi connectivity index (χ4n) is 3.04. The van der Waals surface area contributed by atoms with Gasteiger partial charge in [-0.25, -0.2) is 0 Å². The van der Waals surface area contributed by atoms with Crippen molar-refractivity contribution in [2.24, 2.45) is 5.73 Å². The summed E-state index contributed by atoms with van der Waals surface area (Å²) in [5.74, 6) is 0.920. The van der Waals surface area contributed by atoms with Gasteiger partial charge in [-0.1, -0.05) is 28.8 Å². The maximum Gasteiger partial charge on any atom is 0.123 e. The number of hydrogen-bond acceptors (Lipinski definition) is 3. The quantitative estimate of drug-likeness (QED) is 0.901. The minimum atomic E-state index is 0.218. The molecular formula is C15H23BrN2O. The smallest absolute Gasteiger partial charge is 0.123 e. The van der Waals surface area contributed by atoms with Gasteiger partial charge in [-0.05, 0) is 38.1 Å². The first-order valence-corrected chi connectivity index (χ1v) is 7.72. The van der Waals surface area contributed by atoms with Gasteiger partial charge >= 0.3 is 0 Å². The first-order chi connectivity index (χ1) is 9.17. The van der Waals surface area contributed by atoms with Gasteiger partial charge in [0.25, 0.3) is 0 Å². The molecule has 1 aromatic carbocycles. The monoisotopic (exact) mass is 326 g/mol. The molecule has 1 atom stereocenters. The van der Waals surface area contributed by atoms with E-state index in [9.17, 15) is 0 Å². The molecule has 0 aliphatic heterocycles. The molecule has 1 aromatic rings. The van der Waals surface area contributed by atoms with Crippen LogP contribution in [0.1, 0.15) is 37.3 Å². The van der Waals surface area contributed by atoms with Crippen molar-refractivity contribution < 1.29 is 4.74 Å². The second kappa shape index (κ2) is 6.73. The SMILES string of the molecule is COc1ccc(Br)cc1C(CN)N(C)C1CCCC1. The highest BCUT2D eigenvalue weighted by Gasteiger charge is 2.27. The highest BCUT2D eigenvalue weighted by Crippen LogP contribution is 2.34. The molecule has 1 aliphatic carbocycles. The van der Waals surface area contributed by atoms with Crippen molar-refractivity contribution in [3.63, 3.8) is 0 Å². The Hall–Kier alpha value is -0.580. The minimum Gasteiger partial charge on any atom is -0.496 e. The van der Waals surface area contributed by atoms with E-state index in [1.54, 1.807) is 7.11 Å². The van der Waals surface area contributed by atoms with Crippen LogP contribution in [0.5, 0.6) is 5.75 Å². The molecule has 0 bridgehead atoms. The Labute approximate surface area is 124 Å². The van der Waals surface area contributed by atoms with E-state index in [0.29, 0.717) is 12.6 Å². The number of ether oxygens (including phenoxy) is 1. The Morgan fingerprint density at radius 2 is 2.11 bits per heavy atom. The van der Waals surface area contributed by atoms with Crippen LogP contribution in [-0.2, 0) is 0 Å². The molecule has 1 fully saturated rings. The average molecular weight is 327 g/mol. The van der Waals surface area contributed by atoms with Gasteiger partial charge in [-0.15, -0.1) is 0 Å². The van der Waals surface area contributed by atoms with Gasteiger partial charge in [0.1, 0.15) is 5.75 Å². The van der Waals surface area contributed by atoms with E-state index in [4.69, 9.17) is 10.5 Å². The standard InChI is InChI=1S/C15H23BrN2O/c1-18(12-5-3-4-6-12)14(10-17)13-9-11(16)7-8-15(13)19-2/h7-9,12,14H,3-6,10,17H2,1-2H3. The van der Waals surface area contributed by atoms with E-state index in [-0.39, 0.29) is 6.04 Å². The molecule has 0 amide bonds. The Morgan fingerprint density at radius 1 is 1.42 bits per heavy atom. The fourth-order valence-corrected chi connectivity index (χ4v) is 3.42. The molecule has 1 aliphatic rings. The van der Waals surface area contributed by atoms with Gasteiger partial charge < -0.3 is 10.5 Å². The normalized spacial score (nSPS) is 17.9. The molecule has 3 nitrogen and oxygen atoms in total. The van der Waals surface area contributed by atoms with Crippen LogP contribution < -0.4 is 10.5 Å². The summed E-state index contributed by atoms with van der Waals surface area (Å²) >= 11 is 3.54. The Bertz CT molecular complexity index is 419. The second-order valence-corrected chi connectivity index (χ2v) is 6.16. The van der Waals surface area contributed by atoms with E-state index in [1.165, 1.54) is 31.2 Å². The van der Waals surface area contributed by atoms with E-state index < -0.39 is 0 Å². The van der Waals surface area contributed by atoms with Gasteiger partial charge in [0, 0.05) is 22.6 Å². The zero-order chi connectivity index (χ0) is 13.8. The predicted molar refractivity (Wildman–Crippen MR) is 82.5 cm³/mol. The molecule has 1 unspecified atom stereocenters. The Balaban J connectivity index is 2.27. The van der Waals surface area contributed by atoms with E-state index >= 15 is 0 Å².